The smallest absolute Gasteiger partial charge is 0.0624 e. The lowest BCUT2D eigenvalue weighted by Gasteiger charge is -2.27. The lowest BCUT2D eigenvalue weighted by molar-refractivity contribution is -0.0405. The predicted molar refractivity (Wildman–Crippen MR) is 138 cm³/mol. The molecule has 0 saturated heterocycles. The second-order valence-corrected chi connectivity index (χ2v) is 10.5. The van der Waals surface area contributed by atoms with Gasteiger partial charge in [0.2, 0.25) is 0 Å². The van der Waals surface area contributed by atoms with Crippen molar-refractivity contribution in [3.8, 4) is 0 Å². The van der Waals surface area contributed by atoms with Crippen LogP contribution in [0.1, 0.15) is 169 Å². The predicted octanol–water partition coefficient (Wildman–Crippen LogP) is 10.6. The summed E-state index contributed by atoms with van der Waals surface area (Å²) in [7, 11) is 0. The molecule has 0 aromatic rings. The number of unbranched alkanes of at least 4 members (excludes halogenated alkanes) is 16. The maximum atomic E-state index is 6.31. The van der Waals surface area contributed by atoms with Gasteiger partial charge in [0.25, 0.3) is 0 Å². The summed E-state index contributed by atoms with van der Waals surface area (Å²) in [5.41, 5.74) is 0.0509. The molecule has 1 nitrogen and oxygen atoms in total. The van der Waals surface area contributed by atoms with E-state index in [9.17, 15) is 0 Å². The van der Waals surface area contributed by atoms with Gasteiger partial charge in [-0.3, -0.25) is 0 Å². The minimum absolute atomic E-state index is 0.0509. The van der Waals surface area contributed by atoms with E-state index < -0.39 is 0 Å². The Hall–Kier alpha value is -0.0400. The van der Waals surface area contributed by atoms with Crippen LogP contribution in [-0.4, -0.2) is 12.2 Å². The third-order valence-electron chi connectivity index (χ3n) is 6.99. The van der Waals surface area contributed by atoms with Crippen molar-refractivity contribution in [1.29, 1.82) is 0 Å². The van der Waals surface area contributed by atoms with Crippen LogP contribution < -0.4 is 0 Å². The lowest BCUT2D eigenvalue weighted by atomic mass is 9.94. The molecule has 0 radical (unpaired) electrons. The molecule has 0 heterocycles. The van der Waals surface area contributed by atoms with E-state index in [2.05, 4.69) is 34.6 Å². The van der Waals surface area contributed by atoms with Crippen LogP contribution in [0, 0.1) is 5.92 Å². The fourth-order valence-corrected chi connectivity index (χ4v) is 4.24. The van der Waals surface area contributed by atoms with Gasteiger partial charge >= 0.3 is 0 Å². The first-order valence-corrected chi connectivity index (χ1v) is 14.2. The van der Waals surface area contributed by atoms with Crippen LogP contribution >= 0.6 is 0 Å². The maximum Gasteiger partial charge on any atom is 0.0624 e. The Morgan fingerprint density at radius 3 is 1.17 bits per heavy atom. The zero-order valence-corrected chi connectivity index (χ0v) is 22.0. The molecule has 1 heteroatoms. The SMILES string of the molecule is CCCCCCCCCCCCC(CCCCCCCCCC)COC(C)(C)CC. The third-order valence-corrected chi connectivity index (χ3v) is 6.99. The Morgan fingerprint density at radius 1 is 0.500 bits per heavy atom. The average molecular weight is 425 g/mol. The number of hydrogen-bond acceptors (Lipinski definition) is 1. The van der Waals surface area contributed by atoms with Gasteiger partial charge in [0, 0.05) is 0 Å². The van der Waals surface area contributed by atoms with E-state index >= 15 is 0 Å². The third kappa shape index (κ3) is 21.2. The number of ether oxygens (including phenoxy) is 1. The van der Waals surface area contributed by atoms with E-state index in [1.54, 1.807) is 0 Å². The Kier molecular flexibility index (Phi) is 22.1. The van der Waals surface area contributed by atoms with Gasteiger partial charge in [-0.15, -0.1) is 0 Å². The first kappa shape index (κ1) is 30.0. The molecule has 1 unspecified atom stereocenters. The highest BCUT2D eigenvalue weighted by atomic mass is 16.5. The molecule has 0 amide bonds. The van der Waals surface area contributed by atoms with Gasteiger partial charge in [0.1, 0.15) is 0 Å². The Labute approximate surface area is 192 Å². The van der Waals surface area contributed by atoms with Crippen LogP contribution in [0.4, 0.5) is 0 Å². The van der Waals surface area contributed by atoms with E-state index in [0.717, 1.165) is 18.9 Å². The molecular formula is C29H60O. The van der Waals surface area contributed by atoms with Crippen molar-refractivity contribution < 1.29 is 4.74 Å². The van der Waals surface area contributed by atoms with Crippen molar-refractivity contribution in [1.82, 2.24) is 0 Å². The maximum absolute atomic E-state index is 6.31. The van der Waals surface area contributed by atoms with Crippen molar-refractivity contribution in [2.24, 2.45) is 5.92 Å². The molecule has 182 valence electrons. The molecule has 0 rings (SSSR count). The quantitative estimate of drug-likeness (QED) is 0.140. The molecule has 0 N–H and O–H groups in total. The molecule has 0 aromatic heterocycles. The summed E-state index contributed by atoms with van der Waals surface area (Å²) in [5, 5.41) is 0. The van der Waals surface area contributed by atoms with E-state index in [1.807, 2.05) is 0 Å². The minimum atomic E-state index is 0.0509. The largest absolute Gasteiger partial charge is 0.375 e. The molecule has 0 aromatic carbocycles. The summed E-state index contributed by atoms with van der Waals surface area (Å²) >= 11 is 0. The van der Waals surface area contributed by atoms with Crippen molar-refractivity contribution in [2.75, 3.05) is 6.61 Å². The highest BCUT2D eigenvalue weighted by molar-refractivity contribution is 4.68. The summed E-state index contributed by atoms with van der Waals surface area (Å²) in [5.74, 6) is 0.782. The van der Waals surface area contributed by atoms with Crippen molar-refractivity contribution in [3.05, 3.63) is 0 Å². The Bertz CT molecular complexity index is 322. The summed E-state index contributed by atoms with van der Waals surface area (Å²) in [6.45, 7) is 12.3. The van der Waals surface area contributed by atoms with Gasteiger partial charge in [0.05, 0.1) is 12.2 Å². The molecule has 0 spiro atoms. The van der Waals surface area contributed by atoms with E-state index in [1.165, 1.54) is 128 Å². The first-order valence-electron chi connectivity index (χ1n) is 14.2. The molecular weight excluding hydrogens is 364 g/mol. The van der Waals surface area contributed by atoms with Crippen LogP contribution in [0.2, 0.25) is 0 Å². The van der Waals surface area contributed by atoms with Crippen LogP contribution in [-0.2, 0) is 4.74 Å². The van der Waals surface area contributed by atoms with Crippen molar-refractivity contribution in [3.63, 3.8) is 0 Å². The van der Waals surface area contributed by atoms with E-state index in [0.29, 0.717) is 0 Å². The van der Waals surface area contributed by atoms with Gasteiger partial charge in [-0.1, -0.05) is 136 Å². The number of hydrogen-bond donors (Lipinski definition) is 0. The molecule has 0 aliphatic rings. The molecule has 0 fully saturated rings. The molecule has 0 aliphatic heterocycles. The zero-order chi connectivity index (χ0) is 22.3. The average Bonchev–Trinajstić information content (AvgIpc) is 2.74. The first-order chi connectivity index (χ1) is 14.6. The fourth-order valence-electron chi connectivity index (χ4n) is 4.24. The normalized spacial score (nSPS) is 13.1. The minimum Gasteiger partial charge on any atom is -0.375 e. The summed E-state index contributed by atoms with van der Waals surface area (Å²) in [6.07, 6.45) is 29.6. The Morgan fingerprint density at radius 2 is 0.833 bits per heavy atom. The highest BCUT2D eigenvalue weighted by Crippen LogP contribution is 2.23. The standard InChI is InChI=1S/C29H60O/c1-6-9-11-13-15-17-18-20-22-24-26-28(27-30-29(4,5)8-3)25-23-21-19-16-14-12-10-7-2/h28H,6-27H2,1-5H3. The topological polar surface area (TPSA) is 9.23 Å². The second-order valence-electron chi connectivity index (χ2n) is 10.5. The molecule has 0 bridgehead atoms. The van der Waals surface area contributed by atoms with Crippen molar-refractivity contribution in [2.45, 2.75) is 175 Å². The van der Waals surface area contributed by atoms with Crippen LogP contribution in [0.25, 0.3) is 0 Å². The van der Waals surface area contributed by atoms with Crippen molar-refractivity contribution >= 4 is 0 Å². The Balaban J connectivity index is 3.88. The van der Waals surface area contributed by atoms with Crippen LogP contribution in [0.3, 0.4) is 0 Å². The van der Waals surface area contributed by atoms with Gasteiger partial charge in [-0.05, 0) is 39.0 Å². The van der Waals surface area contributed by atoms with Crippen LogP contribution in [0.5, 0.6) is 0 Å². The molecule has 30 heavy (non-hydrogen) atoms. The summed E-state index contributed by atoms with van der Waals surface area (Å²) in [6, 6.07) is 0. The monoisotopic (exact) mass is 424 g/mol. The molecule has 0 saturated carbocycles. The molecule has 0 aliphatic carbocycles. The van der Waals surface area contributed by atoms with Crippen LogP contribution in [0.15, 0.2) is 0 Å². The van der Waals surface area contributed by atoms with Gasteiger partial charge < -0.3 is 4.74 Å². The summed E-state index contributed by atoms with van der Waals surface area (Å²) < 4.78 is 6.31. The summed E-state index contributed by atoms with van der Waals surface area (Å²) in [4.78, 5) is 0. The highest BCUT2D eigenvalue weighted by Gasteiger charge is 2.18. The lowest BCUT2D eigenvalue weighted by Crippen LogP contribution is -2.26. The van der Waals surface area contributed by atoms with Gasteiger partial charge in [0.15, 0.2) is 0 Å². The van der Waals surface area contributed by atoms with E-state index in [-0.39, 0.29) is 5.60 Å². The van der Waals surface area contributed by atoms with Gasteiger partial charge in [-0.25, -0.2) is 0 Å². The molecule has 1 atom stereocenters. The number of rotatable bonds is 24. The van der Waals surface area contributed by atoms with E-state index in [4.69, 9.17) is 4.74 Å². The fraction of sp³-hybridized carbons (Fsp3) is 1.00. The second kappa shape index (κ2) is 22.2. The van der Waals surface area contributed by atoms with Gasteiger partial charge in [-0.2, -0.15) is 0 Å². The zero-order valence-electron chi connectivity index (χ0n) is 22.0.